The molecule has 112 valence electrons. The minimum absolute atomic E-state index is 0.101. The predicted molar refractivity (Wildman–Crippen MR) is 75.7 cm³/mol. The van der Waals surface area contributed by atoms with E-state index in [-0.39, 0.29) is 10.2 Å². The van der Waals surface area contributed by atoms with E-state index in [0.717, 1.165) is 24.3 Å². The van der Waals surface area contributed by atoms with Crippen LogP contribution in [0.3, 0.4) is 0 Å². The van der Waals surface area contributed by atoms with Gasteiger partial charge in [0.2, 0.25) is 0 Å². The van der Waals surface area contributed by atoms with Gasteiger partial charge in [-0.15, -0.1) is 0 Å². The lowest BCUT2D eigenvalue weighted by atomic mass is 10.3. The van der Waals surface area contributed by atoms with Crippen LogP contribution in [0.1, 0.15) is 0 Å². The van der Waals surface area contributed by atoms with Crippen molar-refractivity contribution in [3.05, 3.63) is 52.3 Å². The fourth-order valence-corrected chi connectivity index (χ4v) is 3.01. The molecule has 0 radical (unpaired) electrons. The Kier molecular flexibility index (Phi) is 4.15. The summed E-state index contributed by atoms with van der Waals surface area (Å²) in [5.74, 6) is -2.84. The Labute approximate surface area is 127 Å². The van der Waals surface area contributed by atoms with Crippen molar-refractivity contribution < 1.29 is 21.6 Å². The molecule has 0 saturated heterocycles. The highest BCUT2D eigenvalue weighted by Gasteiger charge is 2.19. The highest BCUT2D eigenvalue weighted by atomic mass is 79.9. The molecule has 0 fully saturated rings. The zero-order valence-corrected chi connectivity index (χ0v) is 12.6. The van der Waals surface area contributed by atoms with E-state index in [1.54, 1.807) is 0 Å². The summed E-state index contributed by atoms with van der Waals surface area (Å²) in [5.41, 5.74) is 4.78. The summed E-state index contributed by atoms with van der Waals surface area (Å²) in [6.45, 7) is 0. The third-order valence-corrected chi connectivity index (χ3v) is 4.41. The van der Waals surface area contributed by atoms with Gasteiger partial charge in [-0.2, -0.15) is 0 Å². The molecule has 0 saturated carbocycles. The predicted octanol–water partition coefficient (Wildman–Crippen LogP) is 3.25. The van der Waals surface area contributed by atoms with E-state index in [1.165, 1.54) is 0 Å². The summed E-state index contributed by atoms with van der Waals surface area (Å²) in [6.07, 6.45) is 0. The van der Waals surface area contributed by atoms with Crippen molar-refractivity contribution in [2.45, 2.75) is 4.90 Å². The molecule has 9 heteroatoms. The molecule has 0 amide bonds. The first-order valence-electron chi connectivity index (χ1n) is 5.42. The van der Waals surface area contributed by atoms with Crippen LogP contribution in [0.15, 0.2) is 39.7 Å². The number of hydrogen-bond donors (Lipinski definition) is 2. The van der Waals surface area contributed by atoms with Gasteiger partial charge in [-0.3, -0.25) is 4.72 Å². The van der Waals surface area contributed by atoms with Gasteiger partial charge in [0.25, 0.3) is 10.0 Å². The first kappa shape index (κ1) is 15.6. The van der Waals surface area contributed by atoms with E-state index in [0.29, 0.717) is 6.07 Å². The standard InChI is InChI=1S/C12H8BrF3N2O2S/c13-9-4-12(11(16)5-10(9)15)18-21(19,20)8-2-6(14)1-7(17)3-8/h1-5,18H,17H2. The lowest BCUT2D eigenvalue weighted by Crippen LogP contribution is -2.15. The van der Waals surface area contributed by atoms with Crippen LogP contribution in [-0.2, 0) is 10.0 Å². The van der Waals surface area contributed by atoms with E-state index < -0.39 is 38.1 Å². The maximum atomic E-state index is 13.5. The molecule has 0 bridgehead atoms. The van der Waals surface area contributed by atoms with Gasteiger partial charge < -0.3 is 5.73 Å². The Balaban J connectivity index is 2.44. The second kappa shape index (κ2) is 5.57. The van der Waals surface area contributed by atoms with Crippen molar-refractivity contribution in [2.75, 3.05) is 10.5 Å². The molecule has 4 nitrogen and oxygen atoms in total. The van der Waals surface area contributed by atoms with E-state index in [2.05, 4.69) is 15.9 Å². The van der Waals surface area contributed by atoms with Crippen molar-refractivity contribution in [3.8, 4) is 0 Å². The highest BCUT2D eigenvalue weighted by molar-refractivity contribution is 9.10. The Morgan fingerprint density at radius 3 is 2.29 bits per heavy atom. The van der Waals surface area contributed by atoms with Gasteiger partial charge in [0.05, 0.1) is 15.1 Å². The Morgan fingerprint density at radius 2 is 1.67 bits per heavy atom. The smallest absolute Gasteiger partial charge is 0.262 e. The number of benzene rings is 2. The van der Waals surface area contributed by atoms with Gasteiger partial charge in [-0.25, -0.2) is 21.6 Å². The first-order valence-corrected chi connectivity index (χ1v) is 7.70. The van der Waals surface area contributed by atoms with Gasteiger partial charge in [0.15, 0.2) is 0 Å². The monoisotopic (exact) mass is 380 g/mol. The summed E-state index contributed by atoms with van der Waals surface area (Å²) in [7, 11) is -4.26. The third kappa shape index (κ3) is 3.48. The molecular formula is C12H8BrF3N2O2S. The SMILES string of the molecule is Nc1cc(F)cc(S(=O)(=O)Nc2cc(Br)c(F)cc2F)c1. The van der Waals surface area contributed by atoms with Crippen LogP contribution in [0, 0.1) is 17.5 Å². The Morgan fingerprint density at radius 1 is 1.00 bits per heavy atom. The largest absolute Gasteiger partial charge is 0.399 e. The molecule has 3 N–H and O–H groups in total. The Hall–Kier alpha value is -1.74. The lowest BCUT2D eigenvalue weighted by molar-refractivity contribution is 0.578. The highest BCUT2D eigenvalue weighted by Crippen LogP contribution is 2.26. The number of nitrogens with two attached hydrogens (primary N) is 1. The molecule has 0 spiro atoms. The van der Waals surface area contributed by atoms with Crippen LogP contribution < -0.4 is 10.5 Å². The summed E-state index contributed by atoms with van der Waals surface area (Å²) >= 11 is 2.81. The molecule has 2 rings (SSSR count). The molecule has 0 atom stereocenters. The second-order valence-corrected chi connectivity index (χ2v) is 6.61. The maximum absolute atomic E-state index is 13.5. The average Bonchev–Trinajstić information content (AvgIpc) is 2.34. The summed E-state index contributed by atoms with van der Waals surface area (Å²) in [4.78, 5) is -0.472. The normalized spacial score (nSPS) is 11.4. The molecular weight excluding hydrogens is 373 g/mol. The van der Waals surface area contributed by atoms with Crippen molar-refractivity contribution in [1.29, 1.82) is 0 Å². The van der Waals surface area contributed by atoms with Crippen molar-refractivity contribution in [3.63, 3.8) is 0 Å². The topological polar surface area (TPSA) is 72.2 Å². The maximum Gasteiger partial charge on any atom is 0.262 e. The lowest BCUT2D eigenvalue weighted by Gasteiger charge is -2.10. The summed E-state index contributed by atoms with van der Waals surface area (Å²) in [5, 5.41) is 0. The van der Waals surface area contributed by atoms with E-state index in [9.17, 15) is 21.6 Å². The first-order chi connectivity index (χ1) is 9.69. The number of rotatable bonds is 3. The number of sulfonamides is 1. The minimum atomic E-state index is -4.26. The number of hydrogen-bond acceptors (Lipinski definition) is 3. The van der Waals surface area contributed by atoms with Crippen LogP contribution >= 0.6 is 15.9 Å². The zero-order valence-electron chi connectivity index (χ0n) is 10.2. The van der Waals surface area contributed by atoms with Gasteiger partial charge in [0.1, 0.15) is 17.5 Å². The van der Waals surface area contributed by atoms with Crippen LogP contribution in [0.2, 0.25) is 0 Å². The molecule has 0 unspecified atom stereocenters. The second-order valence-electron chi connectivity index (χ2n) is 4.07. The minimum Gasteiger partial charge on any atom is -0.399 e. The molecule has 0 aliphatic rings. The number of halogens is 4. The third-order valence-electron chi connectivity index (χ3n) is 2.46. The van der Waals surface area contributed by atoms with Crippen molar-refractivity contribution >= 4 is 37.3 Å². The summed E-state index contributed by atoms with van der Waals surface area (Å²) < 4.78 is 65.7. The van der Waals surface area contributed by atoms with Gasteiger partial charge in [-0.05, 0) is 40.2 Å². The van der Waals surface area contributed by atoms with Gasteiger partial charge in [0, 0.05) is 11.8 Å². The summed E-state index contributed by atoms with van der Waals surface area (Å²) in [6, 6.07) is 4.12. The van der Waals surface area contributed by atoms with Crippen LogP contribution in [0.25, 0.3) is 0 Å². The van der Waals surface area contributed by atoms with Gasteiger partial charge >= 0.3 is 0 Å². The molecule has 21 heavy (non-hydrogen) atoms. The van der Waals surface area contributed by atoms with E-state index in [4.69, 9.17) is 5.73 Å². The van der Waals surface area contributed by atoms with Gasteiger partial charge in [-0.1, -0.05) is 0 Å². The van der Waals surface area contributed by atoms with Crippen LogP contribution in [0.5, 0.6) is 0 Å². The van der Waals surface area contributed by atoms with E-state index in [1.807, 2.05) is 4.72 Å². The van der Waals surface area contributed by atoms with E-state index >= 15 is 0 Å². The molecule has 0 heterocycles. The molecule has 0 aromatic heterocycles. The number of nitrogen functional groups attached to an aromatic ring is 1. The van der Waals surface area contributed by atoms with Crippen LogP contribution in [-0.4, -0.2) is 8.42 Å². The number of nitrogens with one attached hydrogen (secondary N) is 1. The number of anilines is 2. The van der Waals surface area contributed by atoms with Crippen molar-refractivity contribution in [2.24, 2.45) is 0 Å². The van der Waals surface area contributed by atoms with Crippen molar-refractivity contribution in [1.82, 2.24) is 0 Å². The molecule has 0 aliphatic carbocycles. The molecule has 0 aliphatic heterocycles. The molecule has 2 aromatic rings. The fourth-order valence-electron chi connectivity index (χ4n) is 1.54. The molecule has 2 aromatic carbocycles. The average molecular weight is 381 g/mol. The fraction of sp³-hybridized carbons (Fsp3) is 0. The Bertz CT molecular complexity index is 792. The van der Waals surface area contributed by atoms with Crippen LogP contribution in [0.4, 0.5) is 24.5 Å². The zero-order chi connectivity index (χ0) is 15.8. The quantitative estimate of drug-likeness (QED) is 0.634.